The normalized spacial score (nSPS) is 10.6. The summed E-state index contributed by atoms with van der Waals surface area (Å²) in [5, 5.41) is 17.3. The zero-order valence-corrected chi connectivity index (χ0v) is 11.6. The van der Waals surface area contributed by atoms with Crippen molar-refractivity contribution < 1.29 is 9.90 Å². The molecule has 2 aromatic rings. The maximum Gasteiger partial charge on any atom is 0.313 e. The van der Waals surface area contributed by atoms with Gasteiger partial charge < -0.3 is 10.8 Å². The van der Waals surface area contributed by atoms with Crippen molar-refractivity contribution in [1.29, 1.82) is 0 Å². The van der Waals surface area contributed by atoms with E-state index in [-0.39, 0.29) is 11.7 Å². The second kappa shape index (κ2) is 5.50. The first kappa shape index (κ1) is 13.7. The lowest BCUT2D eigenvalue weighted by Crippen LogP contribution is -2.04. The topological polar surface area (TPSA) is 94.0 Å². The molecular formula is C11H11ClN4O2S. The van der Waals surface area contributed by atoms with Crippen LogP contribution in [0.3, 0.4) is 0 Å². The van der Waals surface area contributed by atoms with E-state index in [1.54, 1.807) is 10.6 Å². The van der Waals surface area contributed by atoms with Gasteiger partial charge in [0, 0.05) is 5.02 Å². The van der Waals surface area contributed by atoms with Crippen LogP contribution in [0.1, 0.15) is 5.56 Å². The summed E-state index contributed by atoms with van der Waals surface area (Å²) in [6, 6.07) is 5.41. The van der Waals surface area contributed by atoms with Gasteiger partial charge in [0.15, 0.2) is 5.16 Å². The predicted octanol–water partition coefficient (Wildman–Crippen LogP) is 1.99. The maximum absolute atomic E-state index is 10.6. The first-order chi connectivity index (χ1) is 8.99. The molecule has 0 unspecified atom stereocenters. The van der Waals surface area contributed by atoms with Crippen molar-refractivity contribution in [2.75, 3.05) is 11.5 Å². The molecule has 0 fully saturated rings. The number of aliphatic carboxylic acids is 1. The molecular weight excluding hydrogens is 288 g/mol. The lowest BCUT2D eigenvalue weighted by atomic mass is 10.2. The van der Waals surface area contributed by atoms with Gasteiger partial charge in [-0.05, 0) is 24.6 Å². The molecule has 19 heavy (non-hydrogen) atoms. The Morgan fingerprint density at radius 1 is 1.53 bits per heavy atom. The number of benzene rings is 1. The van der Waals surface area contributed by atoms with Crippen LogP contribution in [0, 0.1) is 6.92 Å². The molecule has 3 N–H and O–H groups in total. The Labute approximate surface area is 118 Å². The number of hydrogen-bond acceptors (Lipinski definition) is 5. The fourth-order valence-corrected chi connectivity index (χ4v) is 2.32. The molecule has 6 nitrogen and oxygen atoms in total. The Morgan fingerprint density at radius 3 is 2.89 bits per heavy atom. The number of rotatable bonds is 4. The minimum Gasteiger partial charge on any atom is -0.481 e. The van der Waals surface area contributed by atoms with Gasteiger partial charge in [-0.15, -0.1) is 10.2 Å². The Bertz CT molecular complexity index is 629. The lowest BCUT2D eigenvalue weighted by molar-refractivity contribution is -0.133. The summed E-state index contributed by atoms with van der Waals surface area (Å²) in [6.07, 6.45) is 0. The van der Waals surface area contributed by atoms with Crippen molar-refractivity contribution in [3.8, 4) is 5.69 Å². The van der Waals surface area contributed by atoms with E-state index >= 15 is 0 Å². The van der Waals surface area contributed by atoms with Crippen LogP contribution in [-0.2, 0) is 4.79 Å². The summed E-state index contributed by atoms with van der Waals surface area (Å²) < 4.78 is 1.57. The number of nitrogens with two attached hydrogens (primary N) is 1. The fourth-order valence-electron chi connectivity index (χ4n) is 1.46. The van der Waals surface area contributed by atoms with Gasteiger partial charge in [-0.3, -0.25) is 9.36 Å². The van der Waals surface area contributed by atoms with Crippen molar-refractivity contribution in [2.45, 2.75) is 12.1 Å². The molecule has 0 spiro atoms. The molecule has 0 radical (unpaired) electrons. The first-order valence-electron chi connectivity index (χ1n) is 5.31. The molecule has 1 heterocycles. The molecule has 1 aromatic heterocycles. The number of carboxylic acid groups (broad SMARTS) is 1. The number of carboxylic acids is 1. The van der Waals surface area contributed by atoms with Crippen LogP contribution in [0.15, 0.2) is 23.4 Å². The van der Waals surface area contributed by atoms with Crippen molar-refractivity contribution in [2.24, 2.45) is 0 Å². The fraction of sp³-hybridized carbons (Fsp3) is 0.182. The van der Waals surface area contributed by atoms with Gasteiger partial charge >= 0.3 is 5.97 Å². The number of aromatic nitrogens is 3. The summed E-state index contributed by atoms with van der Waals surface area (Å²) >= 11 is 7.11. The molecule has 2 rings (SSSR count). The van der Waals surface area contributed by atoms with Crippen LogP contribution < -0.4 is 5.73 Å². The van der Waals surface area contributed by atoms with Crippen molar-refractivity contribution in [3.63, 3.8) is 0 Å². The zero-order chi connectivity index (χ0) is 14.0. The highest BCUT2D eigenvalue weighted by Gasteiger charge is 2.14. The van der Waals surface area contributed by atoms with Gasteiger partial charge in [0.25, 0.3) is 0 Å². The van der Waals surface area contributed by atoms with E-state index in [2.05, 4.69) is 10.2 Å². The van der Waals surface area contributed by atoms with Gasteiger partial charge in [-0.1, -0.05) is 29.4 Å². The number of nitrogen functional groups attached to an aromatic ring is 1. The highest BCUT2D eigenvalue weighted by molar-refractivity contribution is 7.99. The smallest absolute Gasteiger partial charge is 0.313 e. The monoisotopic (exact) mass is 298 g/mol. The number of thioether (sulfide) groups is 1. The maximum atomic E-state index is 10.6. The average molecular weight is 299 g/mol. The van der Waals surface area contributed by atoms with Gasteiger partial charge in [0.1, 0.15) is 0 Å². The van der Waals surface area contributed by atoms with Crippen LogP contribution >= 0.6 is 23.4 Å². The quantitative estimate of drug-likeness (QED) is 0.838. The molecule has 0 saturated heterocycles. The molecule has 0 aliphatic carbocycles. The van der Waals surface area contributed by atoms with Gasteiger partial charge in [0.2, 0.25) is 5.95 Å². The van der Waals surface area contributed by atoms with E-state index < -0.39 is 5.97 Å². The largest absolute Gasteiger partial charge is 0.481 e. The predicted molar refractivity (Wildman–Crippen MR) is 73.9 cm³/mol. The van der Waals surface area contributed by atoms with E-state index in [0.717, 1.165) is 17.3 Å². The van der Waals surface area contributed by atoms with Crippen LogP contribution in [-0.4, -0.2) is 31.6 Å². The van der Waals surface area contributed by atoms with E-state index in [0.29, 0.717) is 15.9 Å². The number of halogens is 1. The SMILES string of the molecule is Cc1ccc(-n2c(N)nnc2SCC(=O)O)cc1Cl. The minimum atomic E-state index is -0.931. The average Bonchev–Trinajstić information content (AvgIpc) is 2.71. The number of nitrogens with zero attached hydrogens (tertiary/aromatic N) is 3. The molecule has 8 heteroatoms. The van der Waals surface area contributed by atoms with Crippen LogP contribution in [0.5, 0.6) is 0 Å². The minimum absolute atomic E-state index is 0.113. The van der Waals surface area contributed by atoms with Crippen molar-refractivity contribution >= 4 is 35.3 Å². The van der Waals surface area contributed by atoms with Crippen molar-refractivity contribution in [3.05, 3.63) is 28.8 Å². The molecule has 1 aromatic carbocycles. The number of aryl methyl sites for hydroxylation is 1. The second-order valence-electron chi connectivity index (χ2n) is 3.79. The number of hydrogen-bond donors (Lipinski definition) is 2. The summed E-state index contributed by atoms with van der Waals surface area (Å²) in [4.78, 5) is 10.6. The molecule has 0 bridgehead atoms. The lowest BCUT2D eigenvalue weighted by Gasteiger charge is -2.08. The Balaban J connectivity index is 2.40. The summed E-state index contributed by atoms with van der Waals surface area (Å²) in [6.45, 7) is 1.89. The third-order valence-electron chi connectivity index (χ3n) is 2.40. The van der Waals surface area contributed by atoms with Crippen LogP contribution in [0.2, 0.25) is 5.02 Å². The third-order valence-corrected chi connectivity index (χ3v) is 3.72. The van der Waals surface area contributed by atoms with Gasteiger partial charge in [-0.25, -0.2) is 0 Å². The van der Waals surface area contributed by atoms with E-state index in [1.807, 2.05) is 19.1 Å². The van der Waals surface area contributed by atoms with E-state index in [9.17, 15) is 4.79 Å². The summed E-state index contributed by atoms with van der Waals surface area (Å²) in [5.41, 5.74) is 7.39. The number of anilines is 1. The summed E-state index contributed by atoms with van der Waals surface area (Å²) in [5.74, 6) is -0.856. The van der Waals surface area contributed by atoms with E-state index in [1.165, 1.54) is 0 Å². The summed E-state index contributed by atoms with van der Waals surface area (Å²) in [7, 11) is 0. The Hall–Kier alpha value is -1.73. The molecule has 0 atom stereocenters. The highest BCUT2D eigenvalue weighted by Crippen LogP contribution is 2.26. The molecule has 0 aliphatic heterocycles. The third kappa shape index (κ3) is 2.99. The molecule has 0 aliphatic rings. The number of carbonyl (C=O) groups is 1. The van der Waals surface area contributed by atoms with Gasteiger partial charge in [-0.2, -0.15) is 0 Å². The van der Waals surface area contributed by atoms with Gasteiger partial charge in [0.05, 0.1) is 11.4 Å². The van der Waals surface area contributed by atoms with Crippen molar-refractivity contribution in [1.82, 2.24) is 14.8 Å². The first-order valence-corrected chi connectivity index (χ1v) is 6.67. The molecule has 100 valence electrons. The Kier molecular flexibility index (Phi) is 3.96. The van der Waals surface area contributed by atoms with E-state index in [4.69, 9.17) is 22.4 Å². The Morgan fingerprint density at radius 2 is 2.26 bits per heavy atom. The second-order valence-corrected chi connectivity index (χ2v) is 5.14. The zero-order valence-electron chi connectivity index (χ0n) is 10.00. The van der Waals surface area contributed by atoms with Crippen LogP contribution in [0.25, 0.3) is 5.69 Å². The standard InChI is InChI=1S/C11H11ClN4O2S/c1-6-2-3-7(4-8(6)12)16-10(13)14-15-11(16)19-5-9(17)18/h2-4H,5H2,1H3,(H2,13,14)(H,17,18). The highest BCUT2D eigenvalue weighted by atomic mass is 35.5. The van der Waals surface area contributed by atoms with Crippen LogP contribution in [0.4, 0.5) is 5.95 Å². The molecule has 0 saturated carbocycles. The molecule has 0 amide bonds.